The number of rotatable bonds is 3. The molecule has 1 aromatic carbocycles. The van der Waals surface area contributed by atoms with E-state index >= 15 is 0 Å². The molecule has 0 saturated carbocycles. The van der Waals surface area contributed by atoms with Crippen LogP contribution in [0.3, 0.4) is 0 Å². The number of esters is 1. The Morgan fingerprint density at radius 1 is 1.47 bits per heavy atom. The maximum Gasteiger partial charge on any atom is 0.374 e. The summed E-state index contributed by atoms with van der Waals surface area (Å²) in [6.07, 6.45) is -0.0200. The van der Waals surface area contributed by atoms with Crippen molar-refractivity contribution < 1.29 is 14.3 Å². The van der Waals surface area contributed by atoms with Gasteiger partial charge in [0.25, 0.3) is 0 Å². The highest BCUT2D eigenvalue weighted by molar-refractivity contribution is 9.10. The van der Waals surface area contributed by atoms with Gasteiger partial charge in [-0.3, -0.25) is 4.79 Å². The number of halogens is 2. The molecule has 0 N–H and O–H groups in total. The molecule has 1 rings (SSSR count). The van der Waals surface area contributed by atoms with Gasteiger partial charge in [-0.2, -0.15) is 0 Å². The minimum atomic E-state index is -0.845. The minimum absolute atomic E-state index is 0.0200. The molecular formula is C10H8BrClO3. The monoisotopic (exact) mass is 290 g/mol. The van der Waals surface area contributed by atoms with Crippen molar-refractivity contribution in [1.29, 1.82) is 0 Å². The summed E-state index contributed by atoms with van der Waals surface area (Å²) in [4.78, 5) is 22.2. The second-order valence-electron chi connectivity index (χ2n) is 2.80. The molecule has 0 bridgehead atoms. The fourth-order valence-electron chi connectivity index (χ4n) is 1.04. The molecule has 3 nitrogen and oxygen atoms in total. The quantitative estimate of drug-likeness (QED) is 0.634. The van der Waals surface area contributed by atoms with Gasteiger partial charge in [0.05, 0.1) is 12.1 Å². The molecule has 0 spiro atoms. The van der Waals surface area contributed by atoms with Crippen molar-refractivity contribution in [1.82, 2.24) is 0 Å². The lowest BCUT2D eigenvalue weighted by Gasteiger charge is -2.04. The van der Waals surface area contributed by atoms with Gasteiger partial charge >= 0.3 is 5.97 Å². The SMILES string of the molecule is COC(=O)C(=O)Cc1cccc(Cl)c1Br. The van der Waals surface area contributed by atoms with Gasteiger partial charge in [0.1, 0.15) is 0 Å². The molecule has 0 saturated heterocycles. The molecule has 1 aromatic rings. The molecule has 5 heteroatoms. The number of carbonyl (C=O) groups excluding carboxylic acids is 2. The van der Waals surface area contributed by atoms with Crippen molar-refractivity contribution >= 4 is 39.3 Å². The van der Waals surface area contributed by atoms with E-state index in [2.05, 4.69) is 20.7 Å². The normalized spacial score (nSPS) is 9.80. The summed E-state index contributed by atoms with van der Waals surface area (Å²) < 4.78 is 4.95. The van der Waals surface area contributed by atoms with Crippen molar-refractivity contribution in [2.75, 3.05) is 7.11 Å². The third kappa shape index (κ3) is 3.04. The standard InChI is InChI=1S/C10H8BrClO3/c1-15-10(14)8(13)5-6-3-2-4-7(12)9(6)11/h2-4H,5H2,1H3. The van der Waals surface area contributed by atoms with E-state index in [0.717, 1.165) is 0 Å². The summed E-state index contributed by atoms with van der Waals surface area (Å²) in [6, 6.07) is 5.13. The largest absolute Gasteiger partial charge is 0.463 e. The highest BCUT2D eigenvalue weighted by Gasteiger charge is 2.16. The topological polar surface area (TPSA) is 43.4 Å². The van der Waals surface area contributed by atoms with Crippen molar-refractivity contribution in [3.05, 3.63) is 33.3 Å². The summed E-state index contributed by atoms with van der Waals surface area (Å²) in [5.74, 6) is -1.44. The van der Waals surface area contributed by atoms with Crippen LogP contribution in [0.15, 0.2) is 22.7 Å². The lowest BCUT2D eigenvalue weighted by molar-refractivity contribution is -0.151. The molecular weight excluding hydrogens is 283 g/mol. The molecule has 0 aromatic heterocycles. The lowest BCUT2D eigenvalue weighted by atomic mass is 10.1. The van der Waals surface area contributed by atoms with Gasteiger partial charge in [-0.15, -0.1) is 0 Å². The molecule has 15 heavy (non-hydrogen) atoms. The Hall–Kier alpha value is -0.870. The van der Waals surface area contributed by atoms with E-state index < -0.39 is 11.8 Å². The number of hydrogen-bond donors (Lipinski definition) is 0. The molecule has 0 fully saturated rings. The molecule has 0 aliphatic carbocycles. The molecule has 0 atom stereocenters. The molecule has 0 heterocycles. The first kappa shape index (κ1) is 12.2. The summed E-state index contributed by atoms with van der Waals surface area (Å²) in [5.41, 5.74) is 0.665. The first-order valence-electron chi connectivity index (χ1n) is 4.10. The summed E-state index contributed by atoms with van der Waals surface area (Å²) in [5, 5.41) is 0.505. The minimum Gasteiger partial charge on any atom is -0.463 e. The van der Waals surface area contributed by atoms with Gasteiger partial charge in [-0.05, 0) is 27.6 Å². The zero-order valence-corrected chi connectivity index (χ0v) is 10.3. The Bertz CT molecular complexity index is 404. The van der Waals surface area contributed by atoms with Crippen molar-refractivity contribution in [2.45, 2.75) is 6.42 Å². The molecule has 0 radical (unpaired) electrons. The van der Waals surface area contributed by atoms with E-state index in [9.17, 15) is 9.59 Å². The van der Waals surface area contributed by atoms with Crippen LogP contribution in [0.25, 0.3) is 0 Å². The maximum atomic E-state index is 11.3. The molecule has 0 aliphatic heterocycles. The van der Waals surface area contributed by atoms with E-state index in [0.29, 0.717) is 15.1 Å². The molecule has 0 amide bonds. The average molecular weight is 292 g/mol. The Labute approximate surface area is 100 Å². The summed E-state index contributed by atoms with van der Waals surface area (Å²) in [6.45, 7) is 0. The van der Waals surface area contributed by atoms with Crippen LogP contribution in [-0.2, 0) is 20.7 Å². The molecule has 80 valence electrons. The number of ether oxygens (including phenoxy) is 1. The highest BCUT2D eigenvalue weighted by atomic mass is 79.9. The number of hydrogen-bond acceptors (Lipinski definition) is 3. The van der Waals surface area contributed by atoms with E-state index in [1.807, 2.05) is 0 Å². The Morgan fingerprint density at radius 3 is 2.73 bits per heavy atom. The van der Waals surface area contributed by atoms with Gasteiger partial charge in [0.15, 0.2) is 0 Å². The third-order valence-corrected chi connectivity index (χ3v) is 3.28. The van der Waals surface area contributed by atoms with Crippen LogP contribution in [0.5, 0.6) is 0 Å². The van der Waals surface area contributed by atoms with Crippen LogP contribution in [0.1, 0.15) is 5.56 Å². The maximum absolute atomic E-state index is 11.3. The van der Waals surface area contributed by atoms with Crippen molar-refractivity contribution in [2.24, 2.45) is 0 Å². The second-order valence-corrected chi connectivity index (χ2v) is 4.00. The zero-order valence-electron chi connectivity index (χ0n) is 7.92. The van der Waals surface area contributed by atoms with Crippen LogP contribution in [0.2, 0.25) is 5.02 Å². The fraction of sp³-hybridized carbons (Fsp3) is 0.200. The smallest absolute Gasteiger partial charge is 0.374 e. The van der Waals surface area contributed by atoms with Gasteiger partial charge in [-0.1, -0.05) is 23.7 Å². The number of methoxy groups -OCH3 is 1. The number of Topliss-reactive ketones (excluding diaryl/α,β-unsaturated/α-hetero) is 1. The first-order chi connectivity index (χ1) is 7.06. The van der Waals surface area contributed by atoms with Gasteiger partial charge in [0, 0.05) is 10.9 Å². The Balaban J connectivity index is 2.86. The van der Waals surface area contributed by atoms with E-state index in [1.54, 1.807) is 18.2 Å². The van der Waals surface area contributed by atoms with Crippen LogP contribution in [0.4, 0.5) is 0 Å². The number of carbonyl (C=O) groups is 2. The predicted octanol–water partition coefficient (Wildman–Crippen LogP) is 2.39. The van der Waals surface area contributed by atoms with Crippen LogP contribution in [0, 0.1) is 0 Å². The third-order valence-electron chi connectivity index (χ3n) is 1.80. The average Bonchev–Trinajstić information content (AvgIpc) is 2.23. The van der Waals surface area contributed by atoms with Crippen LogP contribution >= 0.6 is 27.5 Å². The first-order valence-corrected chi connectivity index (χ1v) is 5.27. The Morgan fingerprint density at radius 2 is 2.13 bits per heavy atom. The Kier molecular flexibility index (Phi) is 4.29. The van der Waals surface area contributed by atoms with Gasteiger partial charge in [0.2, 0.25) is 5.78 Å². The second kappa shape index (κ2) is 5.28. The number of ketones is 1. The van der Waals surface area contributed by atoms with Crippen molar-refractivity contribution in [3.63, 3.8) is 0 Å². The lowest BCUT2D eigenvalue weighted by Crippen LogP contribution is -2.17. The molecule has 0 aliphatic rings. The van der Waals surface area contributed by atoms with Gasteiger partial charge < -0.3 is 4.74 Å². The van der Waals surface area contributed by atoms with Crippen LogP contribution in [-0.4, -0.2) is 18.9 Å². The van der Waals surface area contributed by atoms with E-state index in [-0.39, 0.29) is 6.42 Å². The molecule has 0 unspecified atom stereocenters. The predicted molar refractivity (Wildman–Crippen MR) is 59.9 cm³/mol. The van der Waals surface area contributed by atoms with Gasteiger partial charge in [-0.25, -0.2) is 4.79 Å². The van der Waals surface area contributed by atoms with E-state index in [4.69, 9.17) is 11.6 Å². The van der Waals surface area contributed by atoms with E-state index in [1.165, 1.54) is 7.11 Å². The van der Waals surface area contributed by atoms with Crippen molar-refractivity contribution in [3.8, 4) is 0 Å². The number of benzene rings is 1. The van der Waals surface area contributed by atoms with Crippen LogP contribution < -0.4 is 0 Å². The fourth-order valence-corrected chi connectivity index (χ4v) is 1.64. The summed E-state index contributed by atoms with van der Waals surface area (Å²) >= 11 is 9.08. The summed E-state index contributed by atoms with van der Waals surface area (Å²) in [7, 11) is 1.17. The highest BCUT2D eigenvalue weighted by Crippen LogP contribution is 2.26. The zero-order chi connectivity index (χ0) is 11.4.